The molecule has 8 rings (SSSR count). The van der Waals surface area contributed by atoms with E-state index in [0.717, 1.165) is 64.7 Å². The smallest absolute Gasteiger partial charge is 0.337 e. The van der Waals surface area contributed by atoms with Gasteiger partial charge in [-0.05, 0) is 73.8 Å². The molecule has 0 radical (unpaired) electrons. The summed E-state index contributed by atoms with van der Waals surface area (Å²) in [6.07, 6.45) is 0. The van der Waals surface area contributed by atoms with Gasteiger partial charge in [0, 0.05) is 48.4 Å². The molecule has 4 heterocycles. The number of fused-ring (bicyclic) bond motifs is 2. The molecule has 6 aromatic rings. The fraction of sp³-hybridized carbons (Fsp3) is 0.220. The van der Waals surface area contributed by atoms with E-state index in [0.29, 0.717) is 36.3 Å². The van der Waals surface area contributed by atoms with Gasteiger partial charge in [0.25, 0.3) is 0 Å². The van der Waals surface area contributed by atoms with Gasteiger partial charge < -0.3 is 9.84 Å². The Labute approximate surface area is 305 Å². The lowest BCUT2D eigenvalue weighted by Gasteiger charge is -2.13. The van der Waals surface area contributed by atoms with Crippen molar-refractivity contribution in [3.63, 3.8) is 0 Å². The van der Waals surface area contributed by atoms with Crippen LogP contribution in [0.25, 0.3) is 22.5 Å². The molecule has 0 aliphatic carbocycles. The van der Waals surface area contributed by atoms with E-state index in [2.05, 4.69) is 14.9 Å². The van der Waals surface area contributed by atoms with E-state index < -0.39 is 5.97 Å². The highest BCUT2D eigenvalue weighted by molar-refractivity contribution is 5.89. The maximum absolute atomic E-state index is 14.5. The Morgan fingerprint density at radius 2 is 1.11 bits per heavy atom. The van der Waals surface area contributed by atoms with Gasteiger partial charge >= 0.3 is 11.9 Å². The molecular weight excluding hydrogens is 678 g/mol. The van der Waals surface area contributed by atoms with Gasteiger partial charge in [0.2, 0.25) is 0 Å². The highest BCUT2D eigenvalue weighted by atomic mass is 19.1. The monoisotopic (exact) mass is 716 g/mol. The quantitative estimate of drug-likeness (QED) is 0.171. The number of aromatic nitrogens is 4. The lowest BCUT2D eigenvalue weighted by molar-refractivity contribution is 0.0599. The van der Waals surface area contributed by atoms with E-state index in [-0.39, 0.29) is 23.2 Å². The molecule has 270 valence electrons. The fourth-order valence-electron chi connectivity index (χ4n) is 7.05. The molecule has 10 nitrogen and oxygen atoms in total. The van der Waals surface area contributed by atoms with Crippen molar-refractivity contribution < 1.29 is 28.2 Å². The summed E-state index contributed by atoms with van der Waals surface area (Å²) in [5, 5.41) is 18.6. The van der Waals surface area contributed by atoms with Crippen LogP contribution in [0.3, 0.4) is 0 Å². The summed E-state index contributed by atoms with van der Waals surface area (Å²) >= 11 is 0. The third-order valence-corrected chi connectivity index (χ3v) is 9.41. The molecule has 0 amide bonds. The van der Waals surface area contributed by atoms with Crippen LogP contribution < -0.4 is 0 Å². The first kappa shape index (κ1) is 35.4. The number of rotatable bonds is 8. The highest BCUT2D eigenvalue weighted by Crippen LogP contribution is 2.35. The number of methoxy groups -OCH3 is 1. The molecule has 4 aromatic carbocycles. The van der Waals surface area contributed by atoms with E-state index in [1.165, 1.54) is 19.2 Å². The number of carbonyl (C=O) groups excluding carboxylic acids is 1. The van der Waals surface area contributed by atoms with E-state index in [9.17, 15) is 23.5 Å². The van der Waals surface area contributed by atoms with Crippen molar-refractivity contribution in [2.75, 3.05) is 21.2 Å². The van der Waals surface area contributed by atoms with E-state index in [1.54, 1.807) is 59.3 Å². The lowest BCUT2D eigenvalue weighted by atomic mass is 10.1. The van der Waals surface area contributed by atoms with Crippen LogP contribution in [0.4, 0.5) is 8.78 Å². The van der Waals surface area contributed by atoms with Crippen molar-refractivity contribution in [1.29, 1.82) is 0 Å². The zero-order valence-electron chi connectivity index (χ0n) is 29.6. The molecule has 2 aromatic heterocycles. The summed E-state index contributed by atoms with van der Waals surface area (Å²) in [6, 6.07) is 27.5. The predicted molar refractivity (Wildman–Crippen MR) is 195 cm³/mol. The van der Waals surface area contributed by atoms with Gasteiger partial charge in [0.1, 0.15) is 11.6 Å². The van der Waals surface area contributed by atoms with Crippen LogP contribution in [0, 0.1) is 11.6 Å². The highest BCUT2D eigenvalue weighted by Gasteiger charge is 2.29. The number of esters is 1. The first-order chi connectivity index (χ1) is 25.6. The number of carboxylic acids is 1. The number of carbonyl (C=O) groups is 2. The maximum Gasteiger partial charge on any atom is 0.337 e. The van der Waals surface area contributed by atoms with Crippen LogP contribution in [0.1, 0.15) is 54.4 Å². The third kappa shape index (κ3) is 7.37. The summed E-state index contributed by atoms with van der Waals surface area (Å²) in [6.45, 7) is 3.76. The summed E-state index contributed by atoms with van der Waals surface area (Å²) in [7, 11) is 5.39. The van der Waals surface area contributed by atoms with Crippen molar-refractivity contribution in [3.8, 4) is 22.5 Å². The zero-order chi connectivity index (χ0) is 37.2. The van der Waals surface area contributed by atoms with Crippen molar-refractivity contribution in [3.05, 3.63) is 153 Å². The van der Waals surface area contributed by atoms with E-state index in [1.807, 2.05) is 49.1 Å². The first-order valence-corrected chi connectivity index (χ1v) is 17.1. The van der Waals surface area contributed by atoms with Gasteiger partial charge in [-0.1, -0.05) is 48.5 Å². The average Bonchev–Trinajstić information content (AvgIpc) is 3.87. The van der Waals surface area contributed by atoms with Crippen LogP contribution in [-0.2, 0) is 44.0 Å². The number of benzene rings is 4. The molecular formula is C41H38F2N6O4. The third-order valence-electron chi connectivity index (χ3n) is 9.41. The maximum atomic E-state index is 14.5. The van der Waals surface area contributed by atoms with E-state index >= 15 is 0 Å². The molecule has 2 aliphatic rings. The Hall–Kier alpha value is -5.98. The largest absolute Gasteiger partial charge is 0.478 e. The SMILES string of the molecule is CN1Cc2nn(Cc3cccc(C(=O)O)c3)c(-c3ccccc3F)c2C1.COC(=O)c1cccc(Cn2nc3c(c2-c2ccccc2F)CN(C)C3)c1. The standard InChI is InChI=1S/C21H20FN3O2.C20H18FN3O2/c1-24-12-17-19(13-24)23-25(20(17)16-8-3-4-9-18(16)22)11-14-6-5-7-15(10-14)21(26)27-2;1-23-11-16-18(12-23)22-24(19(16)15-7-2-3-8-17(15)21)10-13-5-4-6-14(9-13)20(25)26/h3-10H,11-13H2,1-2H3;2-9H,10-12H2,1H3,(H,25,26). The van der Waals surface area contributed by atoms with Crippen molar-refractivity contribution in [1.82, 2.24) is 29.4 Å². The van der Waals surface area contributed by atoms with Gasteiger partial charge in [-0.15, -0.1) is 0 Å². The van der Waals surface area contributed by atoms with Gasteiger partial charge in [0.05, 0.1) is 54.1 Å². The minimum atomic E-state index is -0.967. The molecule has 12 heteroatoms. The van der Waals surface area contributed by atoms with Gasteiger partial charge in [0.15, 0.2) is 0 Å². The van der Waals surface area contributed by atoms with Crippen molar-refractivity contribution in [2.24, 2.45) is 0 Å². The van der Waals surface area contributed by atoms with Gasteiger partial charge in [-0.2, -0.15) is 10.2 Å². The molecule has 0 atom stereocenters. The summed E-state index contributed by atoms with van der Waals surface area (Å²) in [5.74, 6) is -1.90. The molecule has 0 spiro atoms. The Balaban J connectivity index is 0.000000164. The number of hydrogen-bond acceptors (Lipinski definition) is 7. The summed E-state index contributed by atoms with van der Waals surface area (Å²) < 4.78 is 37.4. The van der Waals surface area contributed by atoms with Crippen LogP contribution in [0.5, 0.6) is 0 Å². The Kier molecular flexibility index (Phi) is 9.98. The number of halogens is 2. The van der Waals surface area contributed by atoms with Crippen LogP contribution in [0.2, 0.25) is 0 Å². The predicted octanol–water partition coefficient (Wildman–Crippen LogP) is 6.85. The molecule has 2 aliphatic heterocycles. The summed E-state index contributed by atoms with van der Waals surface area (Å²) in [5.41, 5.74) is 9.09. The molecule has 0 saturated carbocycles. The molecule has 0 saturated heterocycles. The second kappa shape index (κ2) is 14.9. The minimum absolute atomic E-state index is 0.231. The Morgan fingerprint density at radius 3 is 1.57 bits per heavy atom. The molecule has 0 fully saturated rings. The average molecular weight is 717 g/mol. The first-order valence-electron chi connectivity index (χ1n) is 17.1. The zero-order valence-corrected chi connectivity index (χ0v) is 29.6. The number of carboxylic acid groups (broad SMARTS) is 1. The van der Waals surface area contributed by atoms with Crippen LogP contribution in [0.15, 0.2) is 97.1 Å². The Bertz CT molecular complexity index is 2330. The molecule has 53 heavy (non-hydrogen) atoms. The fourth-order valence-corrected chi connectivity index (χ4v) is 7.05. The number of ether oxygens (including phenoxy) is 1. The van der Waals surface area contributed by atoms with E-state index in [4.69, 9.17) is 9.84 Å². The second-order valence-corrected chi connectivity index (χ2v) is 13.4. The minimum Gasteiger partial charge on any atom is -0.478 e. The Morgan fingerprint density at radius 1 is 0.660 bits per heavy atom. The number of aromatic carboxylic acids is 1. The second-order valence-electron chi connectivity index (χ2n) is 13.4. The normalized spacial score (nSPS) is 13.7. The number of nitrogens with zero attached hydrogens (tertiary/aromatic N) is 6. The summed E-state index contributed by atoms with van der Waals surface area (Å²) in [4.78, 5) is 27.3. The molecule has 1 N–H and O–H groups in total. The van der Waals surface area contributed by atoms with Gasteiger partial charge in [-0.3, -0.25) is 19.2 Å². The number of hydrogen-bond donors (Lipinski definition) is 1. The lowest BCUT2D eigenvalue weighted by Crippen LogP contribution is -2.13. The van der Waals surface area contributed by atoms with Crippen molar-refractivity contribution in [2.45, 2.75) is 39.3 Å². The topological polar surface area (TPSA) is 106 Å². The van der Waals surface area contributed by atoms with Crippen LogP contribution >= 0.6 is 0 Å². The molecule has 0 bridgehead atoms. The van der Waals surface area contributed by atoms with Gasteiger partial charge in [-0.25, -0.2) is 18.4 Å². The molecule has 0 unspecified atom stereocenters. The van der Waals surface area contributed by atoms with Crippen molar-refractivity contribution >= 4 is 11.9 Å². The van der Waals surface area contributed by atoms with Crippen LogP contribution in [-0.4, -0.2) is 67.6 Å².